The summed E-state index contributed by atoms with van der Waals surface area (Å²) < 4.78 is 11.7. The molecule has 0 radical (unpaired) electrons. The fourth-order valence-electron chi connectivity index (χ4n) is 3.23. The van der Waals surface area contributed by atoms with Crippen molar-refractivity contribution in [3.63, 3.8) is 0 Å². The number of morpholine rings is 1. The molecule has 158 valence electrons. The molecule has 30 heavy (non-hydrogen) atoms. The second-order valence-electron chi connectivity index (χ2n) is 6.82. The van der Waals surface area contributed by atoms with E-state index in [0.717, 1.165) is 32.0 Å². The van der Waals surface area contributed by atoms with Crippen LogP contribution in [0.2, 0.25) is 0 Å². The quantitative estimate of drug-likeness (QED) is 0.552. The first-order valence-electron chi connectivity index (χ1n) is 9.56. The van der Waals surface area contributed by atoms with Crippen molar-refractivity contribution in [1.82, 2.24) is 9.88 Å². The van der Waals surface area contributed by atoms with Gasteiger partial charge in [0.05, 0.1) is 6.61 Å². The monoisotopic (exact) mass is 412 g/mol. The normalized spacial score (nSPS) is 16.5. The van der Waals surface area contributed by atoms with Crippen LogP contribution in [0.5, 0.6) is 5.75 Å². The summed E-state index contributed by atoms with van der Waals surface area (Å²) in [6.45, 7) is 4.14. The number of carbonyl (C=O) groups is 2. The van der Waals surface area contributed by atoms with E-state index in [0.29, 0.717) is 6.61 Å². The highest BCUT2D eigenvalue weighted by Gasteiger charge is 2.22. The minimum atomic E-state index is -1.82. The highest BCUT2D eigenvalue weighted by Crippen LogP contribution is 2.20. The van der Waals surface area contributed by atoms with Gasteiger partial charge in [-0.15, -0.1) is 0 Å². The third-order valence-electron chi connectivity index (χ3n) is 4.65. The molecular formula is C22H24N2O6. The van der Waals surface area contributed by atoms with Crippen LogP contribution in [0.1, 0.15) is 5.56 Å². The van der Waals surface area contributed by atoms with Gasteiger partial charge in [-0.25, -0.2) is 9.59 Å². The molecule has 3 N–H and O–H groups in total. The van der Waals surface area contributed by atoms with E-state index in [1.54, 1.807) is 0 Å². The highest BCUT2D eigenvalue weighted by molar-refractivity contribution is 6.27. The number of benzene rings is 2. The van der Waals surface area contributed by atoms with Crippen molar-refractivity contribution in [2.45, 2.75) is 12.6 Å². The first kappa shape index (κ1) is 21.4. The lowest BCUT2D eigenvalue weighted by molar-refractivity contribution is -0.159. The van der Waals surface area contributed by atoms with Gasteiger partial charge < -0.3 is 24.7 Å². The van der Waals surface area contributed by atoms with Gasteiger partial charge in [0.1, 0.15) is 18.5 Å². The Morgan fingerprint density at radius 1 is 1.07 bits per heavy atom. The predicted molar refractivity (Wildman–Crippen MR) is 111 cm³/mol. The zero-order chi connectivity index (χ0) is 21.3. The van der Waals surface area contributed by atoms with E-state index in [4.69, 9.17) is 29.3 Å². The Hall–Kier alpha value is -3.36. The predicted octanol–water partition coefficient (Wildman–Crippen LogP) is 2.60. The van der Waals surface area contributed by atoms with Gasteiger partial charge in [0.15, 0.2) is 0 Å². The van der Waals surface area contributed by atoms with E-state index in [1.165, 1.54) is 16.5 Å². The molecule has 4 rings (SSSR count). The number of aliphatic carboxylic acids is 2. The standard InChI is InChI=1S/C20H22N2O2.C2H2O4/c1-2-6-17(7-3-1)24-15-18-14-22(10-11-23-18)13-16-12-21-20-9-5-4-8-19(16)20;3-1(4)2(5)6/h1-9,12,18,21H,10-11,13-15H2;(H,3,4)(H,5,6). The number of nitrogens with zero attached hydrogens (tertiary/aromatic N) is 1. The Labute approximate surface area is 173 Å². The molecule has 8 nitrogen and oxygen atoms in total. The van der Waals surface area contributed by atoms with Gasteiger partial charge in [-0.05, 0) is 23.8 Å². The number of carboxylic acids is 2. The van der Waals surface area contributed by atoms with Crippen LogP contribution >= 0.6 is 0 Å². The zero-order valence-electron chi connectivity index (χ0n) is 16.4. The Kier molecular flexibility index (Phi) is 7.42. The molecule has 0 bridgehead atoms. The Bertz CT molecular complexity index is 960. The average molecular weight is 412 g/mol. The van der Waals surface area contributed by atoms with Crippen molar-refractivity contribution in [3.8, 4) is 5.75 Å². The minimum Gasteiger partial charge on any atom is -0.491 e. The molecule has 1 aromatic heterocycles. The number of fused-ring (bicyclic) bond motifs is 1. The maximum absolute atomic E-state index is 9.10. The number of aromatic amines is 1. The van der Waals surface area contributed by atoms with Crippen molar-refractivity contribution in [1.29, 1.82) is 0 Å². The minimum absolute atomic E-state index is 0.115. The average Bonchev–Trinajstić information content (AvgIpc) is 3.17. The van der Waals surface area contributed by atoms with E-state index in [9.17, 15) is 0 Å². The van der Waals surface area contributed by atoms with Crippen molar-refractivity contribution < 1.29 is 29.3 Å². The maximum Gasteiger partial charge on any atom is 0.414 e. The number of nitrogens with one attached hydrogen (secondary N) is 1. The van der Waals surface area contributed by atoms with Crippen LogP contribution in [0, 0.1) is 0 Å². The molecule has 1 aliphatic rings. The zero-order valence-corrected chi connectivity index (χ0v) is 16.4. The fraction of sp³-hybridized carbons (Fsp3) is 0.273. The largest absolute Gasteiger partial charge is 0.491 e. The molecule has 1 saturated heterocycles. The number of hydrogen-bond donors (Lipinski definition) is 3. The summed E-state index contributed by atoms with van der Waals surface area (Å²) >= 11 is 0. The van der Waals surface area contributed by atoms with E-state index >= 15 is 0 Å². The van der Waals surface area contributed by atoms with E-state index in [2.05, 4.69) is 40.3 Å². The molecule has 1 unspecified atom stereocenters. The molecule has 0 spiro atoms. The van der Waals surface area contributed by atoms with Crippen LogP contribution < -0.4 is 4.74 Å². The fourth-order valence-corrected chi connectivity index (χ4v) is 3.23. The summed E-state index contributed by atoms with van der Waals surface area (Å²) in [5, 5.41) is 16.1. The number of carboxylic acid groups (broad SMARTS) is 2. The Balaban J connectivity index is 0.000000377. The number of hydrogen-bond acceptors (Lipinski definition) is 5. The van der Waals surface area contributed by atoms with Gasteiger partial charge in [-0.3, -0.25) is 4.90 Å². The van der Waals surface area contributed by atoms with Gasteiger partial charge in [0.2, 0.25) is 0 Å². The van der Waals surface area contributed by atoms with Gasteiger partial charge in [0, 0.05) is 36.7 Å². The smallest absolute Gasteiger partial charge is 0.414 e. The lowest BCUT2D eigenvalue weighted by atomic mass is 10.1. The summed E-state index contributed by atoms with van der Waals surface area (Å²) in [4.78, 5) is 24.0. The van der Waals surface area contributed by atoms with Crippen LogP contribution in [-0.4, -0.2) is 64.4 Å². The number of aromatic nitrogens is 1. The molecule has 3 aromatic rings. The summed E-state index contributed by atoms with van der Waals surface area (Å²) in [6, 6.07) is 18.4. The second kappa shape index (κ2) is 10.4. The van der Waals surface area contributed by atoms with Crippen molar-refractivity contribution in [2.24, 2.45) is 0 Å². The van der Waals surface area contributed by atoms with Gasteiger partial charge >= 0.3 is 11.9 Å². The summed E-state index contributed by atoms with van der Waals surface area (Å²) in [6.07, 6.45) is 2.24. The van der Waals surface area contributed by atoms with Crippen LogP contribution in [-0.2, 0) is 20.9 Å². The molecule has 0 aliphatic carbocycles. The summed E-state index contributed by atoms with van der Waals surface area (Å²) in [5.74, 6) is -2.75. The Morgan fingerprint density at radius 2 is 1.77 bits per heavy atom. The van der Waals surface area contributed by atoms with Crippen LogP contribution in [0.4, 0.5) is 0 Å². The van der Waals surface area contributed by atoms with Gasteiger partial charge in [0.25, 0.3) is 0 Å². The number of ether oxygens (including phenoxy) is 2. The van der Waals surface area contributed by atoms with E-state index < -0.39 is 11.9 Å². The molecule has 0 amide bonds. The van der Waals surface area contributed by atoms with Crippen molar-refractivity contribution >= 4 is 22.8 Å². The molecular weight excluding hydrogens is 388 g/mol. The number of H-pyrrole nitrogens is 1. The van der Waals surface area contributed by atoms with E-state index in [1.807, 2.05) is 30.3 Å². The molecule has 2 aromatic carbocycles. The first-order valence-corrected chi connectivity index (χ1v) is 9.56. The molecule has 1 atom stereocenters. The van der Waals surface area contributed by atoms with Crippen molar-refractivity contribution in [2.75, 3.05) is 26.3 Å². The van der Waals surface area contributed by atoms with Crippen LogP contribution in [0.25, 0.3) is 10.9 Å². The van der Waals surface area contributed by atoms with Crippen LogP contribution in [0.3, 0.4) is 0 Å². The summed E-state index contributed by atoms with van der Waals surface area (Å²) in [5.41, 5.74) is 2.54. The van der Waals surface area contributed by atoms with Gasteiger partial charge in [-0.1, -0.05) is 36.4 Å². The highest BCUT2D eigenvalue weighted by atomic mass is 16.5. The van der Waals surface area contributed by atoms with Crippen LogP contribution in [0.15, 0.2) is 60.8 Å². The van der Waals surface area contributed by atoms with Crippen molar-refractivity contribution in [3.05, 3.63) is 66.4 Å². The third-order valence-corrected chi connectivity index (χ3v) is 4.65. The first-order chi connectivity index (χ1) is 14.5. The number of para-hydroxylation sites is 2. The lowest BCUT2D eigenvalue weighted by Gasteiger charge is -2.32. The SMILES string of the molecule is O=C(O)C(=O)O.c1ccc(OCC2CN(Cc3c[nH]c4ccccc34)CCO2)cc1. The molecule has 0 saturated carbocycles. The second-order valence-corrected chi connectivity index (χ2v) is 6.82. The lowest BCUT2D eigenvalue weighted by Crippen LogP contribution is -2.44. The third kappa shape index (κ3) is 6.07. The number of rotatable bonds is 5. The molecule has 1 aliphatic heterocycles. The molecule has 1 fully saturated rings. The van der Waals surface area contributed by atoms with Gasteiger partial charge in [-0.2, -0.15) is 0 Å². The van der Waals surface area contributed by atoms with E-state index in [-0.39, 0.29) is 6.10 Å². The Morgan fingerprint density at radius 3 is 2.50 bits per heavy atom. The summed E-state index contributed by atoms with van der Waals surface area (Å²) in [7, 11) is 0. The maximum atomic E-state index is 9.10. The molecule has 2 heterocycles. The topological polar surface area (TPSA) is 112 Å². The molecule has 8 heteroatoms.